The van der Waals surface area contributed by atoms with Crippen molar-refractivity contribution in [3.63, 3.8) is 0 Å². The second-order valence-electron chi connectivity index (χ2n) is 6.72. The molecule has 1 aromatic heterocycles. The Hall–Kier alpha value is -1.38. The maximum atomic E-state index is 13.1. The molecule has 0 N–H and O–H groups in total. The maximum Gasteiger partial charge on any atom is 0.269 e. The number of hydrogen-bond donors (Lipinski definition) is 0. The zero-order valence-corrected chi connectivity index (χ0v) is 16.4. The lowest BCUT2D eigenvalue weighted by Crippen LogP contribution is -2.40. The number of ether oxygens (including phenoxy) is 1. The molecule has 1 aromatic rings. The van der Waals surface area contributed by atoms with Crippen LogP contribution in [0.2, 0.25) is 0 Å². The van der Waals surface area contributed by atoms with Gasteiger partial charge in [-0.15, -0.1) is 0 Å². The van der Waals surface area contributed by atoms with E-state index < -0.39 is 10.0 Å². The number of amides is 1. The summed E-state index contributed by atoms with van der Waals surface area (Å²) in [5.41, 5.74) is 0.355. The van der Waals surface area contributed by atoms with Crippen molar-refractivity contribution in [3.8, 4) is 0 Å². The molecule has 2 heterocycles. The molecule has 0 radical (unpaired) electrons. The summed E-state index contributed by atoms with van der Waals surface area (Å²) in [5, 5.41) is 0. The minimum absolute atomic E-state index is 0.0540. The molecule has 1 saturated heterocycles. The van der Waals surface area contributed by atoms with E-state index in [0.29, 0.717) is 25.4 Å². The molecule has 0 aromatic carbocycles. The van der Waals surface area contributed by atoms with Crippen LogP contribution in [0, 0.1) is 0 Å². The number of rotatable bonds is 7. The molecule has 25 heavy (non-hydrogen) atoms. The van der Waals surface area contributed by atoms with E-state index in [9.17, 15) is 13.2 Å². The third kappa shape index (κ3) is 4.62. The molecule has 142 valence electrons. The lowest BCUT2D eigenvalue weighted by atomic mass is 10.1. The van der Waals surface area contributed by atoms with Crippen LogP contribution < -0.4 is 0 Å². The second kappa shape index (κ2) is 8.33. The number of aryl methyl sites for hydroxylation is 1. The predicted octanol–water partition coefficient (Wildman–Crippen LogP) is 1.70. The van der Waals surface area contributed by atoms with Gasteiger partial charge in [-0.2, -0.15) is 4.31 Å². The summed E-state index contributed by atoms with van der Waals surface area (Å²) in [7, 11) is 1.32. The van der Waals surface area contributed by atoms with Gasteiger partial charge in [0.25, 0.3) is 5.91 Å². The first-order valence-electron chi connectivity index (χ1n) is 8.77. The topological polar surface area (TPSA) is 71.8 Å². The van der Waals surface area contributed by atoms with Crippen molar-refractivity contribution in [1.29, 1.82) is 0 Å². The molecular weight excluding hydrogens is 342 g/mol. The zero-order chi connectivity index (χ0) is 18.6. The van der Waals surface area contributed by atoms with Crippen LogP contribution in [0.15, 0.2) is 17.2 Å². The molecule has 7 nitrogen and oxygen atoms in total. The number of carbonyl (C=O) groups excluding carboxylic acids is 1. The van der Waals surface area contributed by atoms with Gasteiger partial charge in [0.15, 0.2) is 0 Å². The van der Waals surface area contributed by atoms with Crippen molar-refractivity contribution in [1.82, 2.24) is 13.8 Å². The summed E-state index contributed by atoms with van der Waals surface area (Å²) in [6.07, 6.45) is 5.17. The molecule has 0 bridgehead atoms. The van der Waals surface area contributed by atoms with E-state index in [-0.39, 0.29) is 16.9 Å². The summed E-state index contributed by atoms with van der Waals surface area (Å²) < 4.78 is 34.9. The van der Waals surface area contributed by atoms with Gasteiger partial charge < -0.3 is 14.2 Å². The Balaban J connectivity index is 2.27. The van der Waals surface area contributed by atoms with E-state index in [4.69, 9.17) is 4.74 Å². The third-order valence-corrected chi connectivity index (χ3v) is 6.23. The van der Waals surface area contributed by atoms with E-state index in [0.717, 1.165) is 25.7 Å². The molecule has 8 heteroatoms. The monoisotopic (exact) mass is 371 g/mol. The minimum atomic E-state index is -3.66. The van der Waals surface area contributed by atoms with Crippen LogP contribution >= 0.6 is 0 Å². The highest BCUT2D eigenvalue weighted by molar-refractivity contribution is 7.89. The quantitative estimate of drug-likeness (QED) is 0.731. The Morgan fingerprint density at radius 1 is 1.36 bits per heavy atom. The van der Waals surface area contributed by atoms with Gasteiger partial charge in [0.2, 0.25) is 10.0 Å². The van der Waals surface area contributed by atoms with Crippen molar-refractivity contribution in [2.24, 2.45) is 7.05 Å². The predicted molar refractivity (Wildman–Crippen MR) is 96.1 cm³/mol. The van der Waals surface area contributed by atoms with Crippen LogP contribution in [0.4, 0.5) is 0 Å². The van der Waals surface area contributed by atoms with Gasteiger partial charge >= 0.3 is 0 Å². The number of aromatic nitrogens is 1. The average Bonchev–Trinajstić information content (AvgIpc) is 2.97. The molecule has 1 fully saturated rings. The van der Waals surface area contributed by atoms with E-state index in [1.165, 1.54) is 21.5 Å². The van der Waals surface area contributed by atoms with Gasteiger partial charge in [-0.25, -0.2) is 8.42 Å². The van der Waals surface area contributed by atoms with Crippen molar-refractivity contribution in [2.45, 2.75) is 43.6 Å². The first-order valence-corrected chi connectivity index (χ1v) is 10.2. The highest BCUT2D eigenvalue weighted by Crippen LogP contribution is 2.22. The van der Waals surface area contributed by atoms with Gasteiger partial charge in [-0.3, -0.25) is 4.79 Å². The Bertz CT molecular complexity index is 691. The SMILES string of the molecule is CCCN(C[C@H]1CCCCO1)S(=O)(=O)c1cc(C(=O)N(C)C)n(C)c1. The Kier molecular flexibility index (Phi) is 6.65. The van der Waals surface area contributed by atoms with Crippen molar-refractivity contribution in [2.75, 3.05) is 33.8 Å². The molecule has 1 atom stereocenters. The van der Waals surface area contributed by atoms with E-state index >= 15 is 0 Å². The standard InChI is InChI=1S/C17H29N3O4S/c1-5-9-20(12-14-8-6-7-10-24-14)25(22,23)15-11-16(19(4)13-15)17(21)18(2)3/h11,13-14H,5-10,12H2,1-4H3/t14-/m1/s1. The number of carbonyl (C=O) groups is 1. The zero-order valence-electron chi connectivity index (χ0n) is 15.6. The highest BCUT2D eigenvalue weighted by Gasteiger charge is 2.30. The molecule has 0 aliphatic carbocycles. The summed E-state index contributed by atoms with van der Waals surface area (Å²) in [6.45, 7) is 3.45. The Morgan fingerprint density at radius 3 is 2.64 bits per heavy atom. The normalized spacial score (nSPS) is 18.5. The average molecular weight is 372 g/mol. The van der Waals surface area contributed by atoms with Gasteiger partial charge in [0, 0.05) is 47.0 Å². The first kappa shape index (κ1) is 19.9. The second-order valence-corrected chi connectivity index (χ2v) is 8.66. The van der Waals surface area contributed by atoms with E-state index in [1.807, 2.05) is 6.92 Å². The number of nitrogens with zero attached hydrogens (tertiary/aromatic N) is 3. The highest BCUT2D eigenvalue weighted by atomic mass is 32.2. The summed E-state index contributed by atoms with van der Waals surface area (Å²) in [6, 6.07) is 1.46. The summed E-state index contributed by atoms with van der Waals surface area (Å²) in [4.78, 5) is 13.8. The van der Waals surface area contributed by atoms with Crippen LogP contribution in [0.1, 0.15) is 43.1 Å². The van der Waals surface area contributed by atoms with Gasteiger partial charge in [-0.1, -0.05) is 6.92 Å². The van der Waals surface area contributed by atoms with Crippen molar-refractivity contribution >= 4 is 15.9 Å². The molecule has 1 aliphatic rings. The van der Waals surface area contributed by atoms with E-state index in [2.05, 4.69) is 0 Å². The van der Waals surface area contributed by atoms with Gasteiger partial charge in [0.05, 0.1) is 6.10 Å². The van der Waals surface area contributed by atoms with Crippen LogP contribution in [0.3, 0.4) is 0 Å². The van der Waals surface area contributed by atoms with Gasteiger partial charge in [0.1, 0.15) is 10.6 Å². The lowest BCUT2D eigenvalue weighted by Gasteiger charge is -2.29. The fourth-order valence-electron chi connectivity index (χ4n) is 3.00. The smallest absolute Gasteiger partial charge is 0.269 e. The fraction of sp³-hybridized carbons (Fsp3) is 0.706. The first-order chi connectivity index (χ1) is 11.8. The summed E-state index contributed by atoms with van der Waals surface area (Å²) >= 11 is 0. The summed E-state index contributed by atoms with van der Waals surface area (Å²) in [5.74, 6) is -0.221. The molecule has 0 unspecified atom stereocenters. The van der Waals surface area contributed by atoms with E-state index in [1.54, 1.807) is 25.7 Å². The number of hydrogen-bond acceptors (Lipinski definition) is 4. The van der Waals surface area contributed by atoms with Crippen molar-refractivity contribution < 1.29 is 17.9 Å². The third-order valence-electron chi connectivity index (χ3n) is 4.40. The lowest BCUT2D eigenvalue weighted by molar-refractivity contribution is 0.00624. The molecule has 0 spiro atoms. The van der Waals surface area contributed by atoms with Crippen LogP contribution in [0.5, 0.6) is 0 Å². The fourth-order valence-corrected chi connectivity index (χ4v) is 4.64. The van der Waals surface area contributed by atoms with Crippen LogP contribution in [0.25, 0.3) is 0 Å². The molecule has 1 aliphatic heterocycles. The molecular formula is C17H29N3O4S. The van der Waals surface area contributed by atoms with Crippen LogP contribution in [-0.2, 0) is 21.8 Å². The maximum absolute atomic E-state index is 13.1. The molecule has 2 rings (SSSR count). The number of sulfonamides is 1. The van der Waals surface area contributed by atoms with Crippen molar-refractivity contribution in [3.05, 3.63) is 18.0 Å². The Morgan fingerprint density at radius 2 is 2.08 bits per heavy atom. The minimum Gasteiger partial charge on any atom is -0.377 e. The van der Waals surface area contributed by atoms with Crippen LogP contribution in [-0.4, -0.2) is 68.0 Å². The van der Waals surface area contributed by atoms with Gasteiger partial charge in [-0.05, 0) is 31.7 Å². The largest absolute Gasteiger partial charge is 0.377 e. The molecule has 1 amide bonds. The Labute approximate surface area is 150 Å². The molecule has 0 saturated carbocycles.